The first-order chi connectivity index (χ1) is 27.4. The summed E-state index contributed by atoms with van der Waals surface area (Å²) in [6, 6.07) is 0. The Balaban J connectivity index is 1.18. The highest BCUT2D eigenvalue weighted by atomic mass is 16.8. The third-order valence-corrected chi connectivity index (χ3v) is 18.0. The van der Waals surface area contributed by atoms with Gasteiger partial charge < -0.3 is 80.2 Å². The smallest absolute Gasteiger partial charge is 0.228 e. The average Bonchev–Trinajstić information content (AvgIpc) is 3.18. The first-order valence-electron chi connectivity index (χ1n) is 21.5. The Labute approximate surface area is 346 Å². The van der Waals surface area contributed by atoms with Crippen LogP contribution in [0.2, 0.25) is 0 Å². The van der Waals surface area contributed by atoms with Crippen LogP contribution < -0.4 is 0 Å². The second-order valence-corrected chi connectivity index (χ2v) is 20.6. The molecule has 23 unspecified atom stereocenters. The third-order valence-electron chi connectivity index (χ3n) is 18.0. The summed E-state index contributed by atoms with van der Waals surface area (Å²) in [5, 5.41) is 130. The summed E-state index contributed by atoms with van der Waals surface area (Å²) in [7, 11) is 0. The highest BCUT2D eigenvalue weighted by molar-refractivity contribution is 5.38. The van der Waals surface area contributed by atoms with Gasteiger partial charge in [-0.25, -0.2) is 0 Å². The number of aliphatic hydroxyl groups is 12. The molecule has 2 heterocycles. The van der Waals surface area contributed by atoms with Crippen molar-refractivity contribution in [1.82, 2.24) is 0 Å². The zero-order chi connectivity index (χ0) is 43.6. The van der Waals surface area contributed by atoms with Gasteiger partial charge in [-0.2, -0.15) is 0 Å². The Morgan fingerprint density at radius 2 is 1.46 bits per heavy atom. The van der Waals surface area contributed by atoms with Crippen LogP contribution in [0.3, 0.4) is 0 Å². The predicted octanol–water partition coefficient (Wildman–Crippen LogP) is -0.464. The molecule has 2 aliphatic heterocycles. The number of hydrogen-bond donors (Lipinski definition) is 12. The lowest BCUT2D eigenvalue weighted by Crippen LogP contribution is -2.69. The molecule has 16 nitrogen and oxygen atoms in total. The van der Waals surface area contributed by atoms with Crippen molar-refractivity contribution in [2.24, 2.45) is 50.7 Å². The zero-order valence-corrected chi connectivity index (χ0v) is 35.2. The van der Waals surface area contributed by atoms with Gasteiger partial charge in [0, 0.05) is 16.7 Å². The summed E-state index contributed by atoms with van der Waals surface area (Å²) in [4.78, 5) is 0. The molecule has 0 amide bonds. The van der Waals surface area contributed by atoms with Crippen LogP contribution in [0.25, 0.3) is 0 Å². The second kappa shape index (κ2) is 15.4. The van der Waals surface area contributed by atoms with Gasteiger partial charge in [-0.05, 0) is 92.3 Å². The van der Waals surface area contributed by atoms with Crippen LogP contribution in [-0.2, 0) is 18.9 Å². The molecule has 338 valence electrons. The van der Waals surface area contributed by atoms with Crippen LogP contribution in [0.5, 0.6) is 0 Å². The number of allylic oxidation sites excluding steroid dienone is 2. The lowest BCUT2D eigenvalue weighted by molar-refractivity contribution is -0.373. The molecule has 0 aromatic rings. The normalized spacial score (nSPS) is 56.7. The molecule has 0 aromatic carbocycles. The maximum Gasteiger partial charge on any atom is 0.228 e. The van der Waals surface area contributed by atoms with E-state index in [4.69, 9.17) is 18.9 Å². The van der Waals surface area contributed by atoms with Crippen LogP contribution in [-0.4, -0.2) is 160 Å². The molecule has 0 spiro atoms. The molecule has 16 heteroatoms. The van der Waals surface area contributed by atoms with Crippen LogP contribution >= 0.6 is 0 Å². The number of aliphatic hydroxyl groups excluding tert-OH is 11. The van der Waals surface area contributed by atoms with Crippen molar-refractivity contribution in [3.05, 3.63) is 24.0 Å². The molecule has 6 fully saturated rings. The fourth-order valence-electron chi connectivity index (χ4n) is 14.0. The summed E-state index contributed by atoms with van der Waals surface area (Å²) in [6.45, 7) is 16.0. The molecular formula is C43H70O16. The van der Waals surface area contributed by atoms with E-state index >= 15 is 0 Å². The van der Waals surface area contributed by atoms with Gasteiger partial charge in [-0.3, -0.25) is 0 Å². The number of fused-ring (bicyclic) bond motifs is 7. The molecule has 0 bridgehead atoms. The van der Waals surface area contributed by atoms with Crippen molar-refractivity contribution in [1.29, 1.82) is 0 Å². The monoisotopic (exact) mass is 842 g/mol. The standard InChI is InChI=1S/C43H70O16/c1-19-10-13-43(20(2)56-36-31(52)28(49)29(50)32(58-36)35(54)59-37-30(51)27(48)26(47)23(17-44)57-37)15-14-40(5)21(33(43)42(19,7)55)8-9-25-38(3)16-22(46)34(53)39(4,18-45)24(38)11-12-41(25,40)6/h8,19,22-37,44-55H,2,9-18H2,1,3-7H3. The van der Waals surface area contributed by atoms with Gasteiger partial charge in [0.1, 0.15) is 48.8 Å². The summed E-state index contributed by atoms with van der Waals surface area (Å²) < 4.78 is 23.0. The van der Waals surface area contributed by atoms with E-state index in [0.717, 1.165) is 18.4 Å². The molecule has 0 radical (unpaired) electrons. The summed E-state index contributed by atoms with van der Waals surface area (Å²) in [6.07, 6.45) is -14.6. The number of ether oxygens (including phenoxy) is 4. The van der Waals surface area contributed by atoms with Crippen molar-refractivity contribution in [2.45, 2.75) is 178 Å². The van der Waals surface area contributed by atoms with E-state index in [9.17, 15) is 61.3 Å². The molecule has 59 heavy (non-hydrogen) atoms. The third kappa shape index (κ3) is 6.48. The Kier molecular flexibility index (Phi) is 12.0. The van der Waals surface area contributed by atoms with Crippen LogP contribution in [0.1, 0.15) is 92.9 Å². The summed E-state index contributed by atoms with van der Waals surface area (Å²) >= 11 is 0. The van der Waals surface area contributed by atoms with Crippen LogP contribution in [0, 0.1) is 50.7 Å². The van der Waals surface area contributed by atoms with Gasteiger partial charge in [0.25, 0.3) is 0 Å². The highest BCUT2D eigenvalue weighted by Crippen LogP contribution is 2.76. The highest BCUT2D eigenvalue weighted by Gasteiger charge is 2.72. The van der Waals surface area contributed by atoms with Crippen molar-refractivity contribution >= 4 is 0 Å². The van der Waals surface area contributed by atoms with Crippen LogP contribution in [0.4, 0.5) is 0 Å². The van der Waals surface area contributed by atoms with Gasteiger partial charge in [-0.1, -0.05) is 52.8 Å². The summed E-state index contributed by atoms with van der Waals surface area (Å²) in [5.41, 5.74) is -3.01. The van der Waals surface area contributed by atoms with E-state index in [2.05, 4.69) is 33.4 Å². The largest absolute Gasteiger partial charge is 0.466 e. The van der Waals surface area contributed by atoms with Gasteiger partial charge in [0.05, 0.1) is 36.8 Å². The predicted molar refractivity (Wildman–Crippen MR) is 207 cm³/mol. The lowest BCUT2D eigenvalue weighted by atomic mass is 9.32. The minimum Gasteiger partial charge on any atom is -0.466 e. The summed E-state index contributed by atoms with van der Waals surface area (Å²) in [5.74, 6) is -0.352. The minimum absolute atomic E-state index is 0.0237. The topological polar surface area (TPSA) is 280 Å². The van der Waals surface area contributed by atoms with Gasteiger partial charge in [0.15, 0.2) is 12.6 Å². The van der Waals surface area contributed by atoms with E-state index in [1.165, 1.54) is 0 Å². The van der Waals surface area contributed by atoms with Crippen LogP contribution in [0.15, 0.2) is 24.0 Å². The fraction of sp³-hybridized carbons (Fsp3) is 0.907. The SMILES string of the molecule is C=C(OC1OC(C(O)OC2OC(CO)C(O)C(O)C2O)C(O)C(O)C1O)C12CCC(C)C(C)(O)C1C1=CCC3C4(C)CC(O)C(O)C(C)(CO)C4CCC3(C)C1(C)CC2. The molecule has 2 saturated heterocycles. The lowest BCUT2D eigenvalue weighted by Gasteiger charge is -2.72. The van der Waals surface area contributed by atoms with Crippen molar-refractivity contribution in [3.63, 3.8) is 0 Å². The second-order valence-electron chi connectivity index (χ2n) is 20.6. The molecule has 4 saturated carbocycles. The van der Waals surface area contributed by atoms with Gasteiger partial charge in [-0.15, -0.1) is 0 Å². The van der Waals surface area contributed by atoms with Gasteiger partial charge in [0.2, 0.25) is 6.29 Å². The van der Waals surface area contributed by atoms with E-state index in [1.807, 2.05) is 20.8 Å². The molecule has 7 rings (SSSR count). The average molecular weight is 843 g/mol. The van der Waals surface area contributed by atoms with Crippen molar-refractivity contribution < 1.29 is 80.2 Å². The fourth-order valence-corrected chi connectivity index (χ4v) is 14.0. The first-order valence-corrected chi connectivity index (χ1v) is 21.5. The Morgan fingerprint density at radius 3 is 2.10 bits per heavy atom. The minimum atomic E-state index is -2.15. The molecule has 0 aromatic heterocycles. The Morgan fingerprint density at radius 1 is 0.814 bits per heavy atom. The maximum atomic E-state index is 12.7. The van der Waals surface area contributed by atoms with E-state index in [1.54, 1.807) is 0 Å². The van der Waals surface area contributed by atoms with Crippen molar-refractivity contribution in [3.8, 4) is 0 Å². The molecule has 5 aliphatic carbocycles. The zero-order valence-electron chi connectivity index (χ0n) is 35.2. The van der Waals surface area contributed by atoms with Crippen molar-refractivity contribution in [2.75, 3.05) is 13.2 Å². The Hall–Kier alpha value is -1.32. The van der Waals surface area contributed by atoms with Gasteiger partial charge >= 0.3 is 0 Å². The quantitative estimate of drug-likeness (QED) is 0.0837. The number of hydrogen-bond acceptors (Lipinski definition) is 16. The number of rotatable bonds is 8. The maximum absolute atomic E-state index is 12.7. The van der Waals surface area contributed by atoms with E-state index < -0.39 is 120 Å². The Bertz CT molecular complexity index is 1610. The molecule has 7 aliphatic rings. The van der Waals surface area contributed by atoms with E-state index in [0.29, 0.717) is 38.5 Å². The molecule has 23 atom stereocenters. The first kappa shape index (κ1) is 45.7. The van der Waals surface area contributed by atoms with E-state index in [-0.39, 0.29) is 35.5 Å². The molecule has 12 N–H and O–H groups in total. The molecular weight excluding hydrogens is 772 g/mol.